The van der Waals surface area contributed by atoms with Gasteiger partial charge in [0.25, 0.3) is 0 Å². The van der Waals surface area contributed by atoms with Gasteiger partial charge in [-0.3, -0.25) is 9.69 Å². The van der Waals surface area contributed by atoms with Crippen molar-refractivity contribution in [2.24, 2.45) is 5.92 Å². The molecule has 5 nitrogen and oxygen atoms in total. The molecule has 1 heterocycles. The normalized spacial score (nSPS) is 24.4. The van der Waals surface area contributed by atoms with Crippen LogP contribution in [0.1, 0.15) is 33.1 Å². The Morgan fingerprint density at radius 1 is 1.37 bits per heavy atom. The van der Waals surface area contributed by atoms with Gasteiger partial charge in [-0.25, -0.2) is 0 Å². The molecule has 1 aliphatic heterocycles. The molecule has 0 aliphatic carbocycles. The van der Waals surface area contributed by atoms with Crippen LogP contribution >= 0.6 is 0 Å². The minimum Gasteiger partial charge on any atom is -0.395 e. The summed E-state index contributed by atoms with van der Waals surface area (Å²) in [7, 11) is 0. The molecule has 1 saturated heterocycles. The van der Waals surface area contributed by atoms with Crippen molar-refractivity contribution in [1.82, 2.24) is 15.5 Å². The fourth-order valence-electron chi connectivity index (χ4n) is 2.91. The number of hydrogen-bond donors (Lipinski definition) is 3. The fourth-order valence-corrected chi connectivity index (χ4v) is 2.91. The zero-order valence-corrected chi connectivity index (χ0v) is 12.3. The molecule has 1 fully saturated rings. The molecule has 2 atom stereocenters. The number of likely N-dealkylation sites (tertiary alicyclic amines) is 1. The van der Waals surface area contributed by atoms with E-state index in [0.717, 1.165) is 32.1 Å². The van der Waals surface area contributed by atoms with E-state index in [0.29, 0.717) is 12.6 Å². The average Bonchev–Trinajstić information content (AvgIpc) is 2.36. The highest BCUT2D eigenvalue weighted by Gasteiger charge is 2.25. The number of hydrogen-bond acceptors (Lipinski definition) is 4. The Bertz CT molecular complexity index is 261. The zero-order valence-electron chi connectivity index (χ0n) is 12.3. The topological polar surface area (TPSA) is 64.6 Å². The van der Waals surface area contributed by atoms with E-state index in [2.05, 4.69) is 22.5 Å². The van der Waals surface area contributed by atoms with Gasteiger partial charge in [0, 0.05) is 45.7 Å². The van der Waals surface area contributed by atoms with Crippen molar-refractivity contribution in [3.63, 3.8) is 0 Å². The van der Waals surface area contributed by atoms with E-state index in [1.54, 1.807) is 6.92 Å². The van der Waals surface area contributed by atoms with Crippen molar-refractivity contribution in [2.45, 2.75) is 39.2 Å². The molecule has 0 aromatic carbocycles. The van der Waals surface area contributed by atoms with Crippen molar-refractivity contribution < 1.29 is 9.90 Å². The molecule has 0 saturated carbocycles. The second-order valence-corrected chi connectivity index (χ2v) is 5.51. The van der Waals surface area contributed by atoms with Crippen LogP contribution in [-0.4, -0.2) is 61.3 Å². The van der Waals surface area contributed by atoms with E-state index in [1.807, 2.05) is 0 Å². The summed E-state index contributed by atoms with van der Waals surface area (Å²) >= 11 is 0. The van der Waals surface area contributed by atoms with Crippen LogP contribution in [0.2, 0.25) is 0 Å². The van der Waals surface area contributed by atoms with E-state index in [-0.39, 0.29) is 12.5 Å². The van der Waals surface area contributed by atoms with Crippen LogP contribution in [0.4, 0.5) is 0 Å². The second-order valence-electron chi connectivity index (χ2n) is 5.51. The van der Waals surface area contributed by atoms with E-state index in [4.69, 9.17) is 5.11 Å². The van der Waals surface area contributed by atoms with Crippen LogP contribution in [0.25, 0.3) is 0 Å². The summed E-state index contributed by atoms with van der Waals surface area (Å²) in [6.07, 6.45) is 3.68. The van der Waals surface area contributed by atoms with Gasteiger partial charge in [0.15, 0.2) is 0 Å². The SMILES string of the molecule is CCCC1CC(NCCO)CN(CCNC(C)=O)C1. The van der Waals surface area contributed by atoms with Gasteiger partial charge in [0.05, 0.1) is 6.61 Å². The summed E-state index contributed by atoms with van der Waals surface area (Å²) in [6.45, 7) is 8.43. The molecule has 19 heavy (non-hydrogen) atoms. The maximum Gasteiger partial charge on any atom is 0.216 e. The number of carbonyl (C=O) groups is 1. The van der Waals surface area contributed by atoms with Crippen LogP contribution in [0.3, 0.4) is 0 Å². The van der Waals surface area contributed by atoms with Crippen LogP contribution in [0.5, 0.6) is 0 Å². The Hall–Kier alpha value is -0.650. The largest absolute Gasteiger partial charge is 0.395 e. The predicted octanol–water partition coefficient (Wildman–Crippen LogP) is 0.195. The van der Waals surface area contributed by atoms with Gasteiger partial charge in [-0.15, -0.1) is 0 Å². The lowest BCUT2D eigenvalue weighted by Crippen LogP contribution is -2.51. The Morgan fingerprint density at radius 2 is 2.16 bits per heavy atom. The minimum atomic E-state index is 0.0390. The third-order valence-electron chi connectivity index (χ3n) is 3.66. The van der Waals surface area contributed by atoms with Gasteiger partial charge in [0.2, 0.25) is 5.91 Å². The highest BCUT2D eigenvalue weighted by molar-refractivity contribution is 5.72. The van der Waals surface area contributed by atoms with Gasteiger partial charge in [-0.1, -0.05) is 13.3 Å². The Kier molecular flexibility index (Phi) is 8.02. The Labute approximate surface area is 116 Å². The molecule has 0 bridgehead atoms. The summed E-state index contributed by atoms with van der Waals surface area (Å²) in [5.41, 5.74) is 0. The lowest BCUT2D eigenvalue weighted by atomic mass is 9.90. The van der Waals surface area contributed by atoms with E-state index in [1.165, 1.54) is 19.3 Å². The van der Waals surface area contributed by atoms with E-state index < -0.39 is 0 Å². The molecule has 0 aromatic heterocycles. The number of amides is 1. The highest BCUT2D eigenvalue weighted by Crippen LogP contribution is 2.21. The van der Waals surface area contributed by atoms with Crippen molar-refractivity contribution in [3.05, 3.63) is 0 Å². The second kappa shape index (κ2) is 9.28. The van der Waals surface area contributed by atoms with Crippen LogP contribution in [-0.2, 0) is 4.79 Å². The summed E-state index contributed by atoms with van der Waals surface area (Å²) in [5, 5.41) is 15.2. The predicted molar refractivity (Wildman–Crippen MR) is 77.0 cm³/mol. The first-order chi connectivity index (χ1) is 9.15. The number of aliphatic hydroxyl groups excluding tert-OH is 1. The van der Waals surface area contributed by atoms with E-state index in [9.17, 15) is 4.79 Å². The summed E-state index contributed by atoms with van der Waals surface area (Å²) < 4.78 is 0. The molecule has 5 heteroatoms. The summed E-state index contributed by atoms with van der Waals surface area (Å²) in [4.78, 5) is 13.3. The average molecular weight is 271 g/mol. The third kappa shape index (κ3) is 6.89. The molecular formula is C14H29N3O2. The molecule has 1 rings (SSSR count). The lowest BCUT2D eigenvalue weighted by Gasteiger charge is -2.38. The zero-order chi connectivity index (χ0) is 14.1. The lowest BCUT2D eigenvalue weighted by molar-refractivity contribution is -0.119. The monoisotopic (exact) mass is 271 g/mol. The number of rotatable bonds is 8. The maximum atomic E-state index is 10.9. The van der Waals surface area contributed by atoms with Crippen LogP contribution in [0, 0.1) is 5.92 Å². The number of piperidine rings is 1. The van der Waals surface area contributed by atoms with Gasteiger partial charge >= 0.3 is 0 Å². The van der Waals surface area contributed by atoms with Crippen molar-refractivity contribution in [1.29, 1.82) is 0 Å². The molecule has 0 aromatic rings. The molecule has 2 unspecified atom stereocenters. The molecular weight excluding hydrogens is 242 g/mol. The van der Waals surface area contributed by atoms with Gasteiger partial charge in [-0.2, -0.15) is 0 Å². The van der Waals surface area contributed by atoms with E-state index >= 15 is 0 Å². The summed E-state index contributed by atoms with van der Waals surface area (Å²) in [5.74, 6) is 0.768. The van der Waals surface area contributed by atoms with Gasteiger partial charge in [-0.05, 0) is 18.8 Å². The highest BCUT2D eigenvalue weighted by atomic mass is 16.3. The maximum absolute atomic E-state index is 10.9. The number of nitrogens with one attached hydrogen (secondary N) is 2. The van der Waals surface area contributed by atoms with Crippen LogP contribution in [0.15, 0.2) is 0 Å². The Balaban J connectivity index is 2.37. The molecule has 1 amide bonds. The van der Waals surface area contributed by atoms with Crippen molar-refractivity contribution in [3.8, 4) is 0 Å². The Morgan fingerprint density at radius 3 is 2.79 bits per heavy atom. The third-order valence-corrected chi connectivity index (χ3v) is 3.66. The van der Waals surface area contributed by atoms with Gasteiger partial charge in [0.1, 0.15) is 0 Å². The first-order valence-electron chi connectivity index (χ1n) is 7.46. The molecule has 3 N–H and O–H groups in total. The summed E-state index contributed by atoms with van der Waals surface area (Å²) in [6, 6.07) is 0.467. The van der Waals surface area contributed by atoms with Crippen molar-refractivity contribution >= 4 is 5.91 Å². The first kappa shape index (κ1) is 16.4. The number of nitrogens with zero attached hydrogens (tertiary/aromatic N) is 1. The number of aliphatic hydroxyl groups is 1. The molecule has 112 valence electrons. The fraction of sp³-hybridized carbons (Fsp3) is 0.929. The van der Waals surface area contributed by atoms with Gasteiger partial charge < -0.3 is 15.7 Å². The smallest absolute Gasteiger partial charge is 0.216 e. The van der Waals surface area contributed by atoms with Crippen molar-refractivity contribution in [2.75, 3.05) is 39.3 Å². The standard InChI is InChI=1S/C14H29N3O2/c1-3-4-13-9-14(16-6-8-18)11-17(10-13)7-5-15-12(2)19/h13-14,16,18H,3-11H2,1-2H3,(H,15,19). The molecule has 1 aliphatic rings. The molecule has 0 spiro atoms. The quantitative estimate of drug-likeness (QED) is 0.590. The number of carbonyl (C=O) groups excluding carboxylic acids is 1. The molecule has 0 radical (unpaired) electrons. The minimum absolute atomic E-state index is 0.0390. The van der Waals surface area contributed by atoms with Crippen LogP contribution < -0.4 is 10.6 Å². The first-order valence-corrected chi connectivity index (χ1v) is 7.46.